The predicted molar refractivity (Wildman–Crippen MR) is 65.5 cm³/mol. The van der Waals surface area contributed by atoms with E-state index in [1.165, 1.54) is 0 Å². The first-order valence-corrected chi connectivity index (χ1v) is 5.77. The van der Waals surface area contributed by atoms with Crippen LogP contribution >= 0.6 is 0 Å². The van der Waals surface area contributed by atoms with E-state index < -0.39 is 0 Å². The molecule has 0 saturated carbocycles. The van der Waals surface area contributed by atoms with Crippen LogP contribution in [0.5, 0.6) is 0 Å². The van der Waals surface area contributed by atoms with E-state index >= 15 is 0 Å². The van der Waals surface area contributed by atoms with Gasteiger partial charge in [-0.25, -0.2) is 4.98 Å². The number of para-hydroxylation sites is 1. The van der Waals surface area contributed by atoms with E-state index in [0.717, 1.165) is 31.3 Å². The van der Waals surface area contributed by atoms with Crippen molar-refractivity contribution in [1.29, 1.82) is 0 Å². The summed E-state index contributed by atoms with van der Waals surface area (Å²) in [4.78, 5) is 16.3. The zero-order valence-electron chi connectivity index (χ0n) is 9.52. The maximum absolute atomic E-state index is 12.0. The fraction of sp³-hybridized carbons (Fsp3) is 0.385. The second-order valence-electron chi connectivity index (χ2n) is 3.97. The summed E-state index contributed by atoms with van der Waals surface area (Å²) < 4.78 is 1.71. The van der Waals surface area contributed by atoms with Crippen molar-refractivity contribution in [3.05, 3.63) is 40.9 Å². The highest BCUT2D eigenvalue weighted by Crippen LogP contribution is 2.05. The van der Waals surface area contributed by atoms with Crippen LogP contribution in [-0.2, 0) is 6.54 Å². The molecule has 0 aliphatic heterocycles. The molecule has 0 radical (unpaired) electrons. The van der Waals surface area contributed by atoms with E-state index in [1.54, 1.807) is 10.9 Å². The minimum Gasteiger partial charge on any atom is -0.299 e. The topological polar surface area (TPSA) is 34.9 Å². The maximum Gasteiger partial charge on any atom is 0.261 e. The van der Waals surface area contributed by atoms with Gasteiger partial charge in [0.05, 0.1) is 17.2 Å². The summed E-state index contributed by atoms with van der Waals surface area (Å²) >= 11 is 0. The summed E-state index contributed by atoms with van der Waals surface area (Å²) in [7, 11) is 0. The summed E-state index contributed by atoms with van der Waals surface area (Å²) in [5.74, 6) is 0. The van der Waals surface area contributed by atoms with Crippen LogP contribution in [0.3, 0.4) is 0 Å². The van der Waals surface area contributed by atoms with Gasteiger partial charge in [0.15, 0.2) is 0 Å². The molecule has 0 bridgehead atoms. The summed E-state index contributed by atoms with van der Waals surface area (Å²) in [6.45, 7) is 2.92. The van der Waals surface area contributed by atoms with Crippen LogP contribution in [0.15, 0.2) is 35.4 Å². The summed E-state index contributed by atoms with van der Waals surface area (Å²) in [5, 5.41) is 0.710. The Morgan fingerprint density at radius 3 is 2.88 bits per heavy atom. The summed E-state index contributed by atoms with van der Waals surface area (Å²) in [6, 6.07) is 7.48. The Kier molecular flexibility index (Phi) is 3.34. The van der Waals surface area contributed by atoms with E-state index in [2.05, 4.69) is 11.9 Å². The van der Waals surface area contributed by atoms with Crippen molar-refractivity contribution < 1.29 is 0 Å². The first kappa shape index (κ1) is 10.9. The molecule has 3 nitrogen and oxygen atoms in total. The molecular weight excluding hydrogens is 200 g/mol. The van der Waals surface area contributed by atoms with Crippen LogP contribution in [0, 0.1) is 0 Å². The third-order valence-corrected chi connectivity index (χ3v) is 2.73. The third kappa shape index (κ3) is 2.13. The molecule has 0 fully saturated rings. The summed E-state index contributed by atoms with van der Waals surface area (Å²) in [5.41, 5.74) is 0.848. The van der Waals surface area contributed by atoms with Gasteiger partial charge < -0.3 is 0 Å². The van der Waals surface area contributed by atoms with Crippen molar-refractivity contribution in [2.75, 3.05) is 0 Å². The molecule has 1 heterocycles. The second kappa shape index (κ2) is 4.92. The van der Waals surface area contributed by atoms with E-state index in [-0.39, 0.29) is 5.56 Å². The molecule has 0 aliphatic rings. The van der Waals surface area contributed by atoms with Crippen molar-refractivity contribution in [2.45, 2.75) is 32.7 Å². The lowest BCUT2D eigenvalue weighted by Crippen LogP contribution is -2.20. The molecule has 0 spiro atoms. The van der Waals surface area contributed by atoms with Crippen molar-refractivity contribution in [2.24, 2.45) is 0 Å². The smallest absolute Gasteiger partial charge is 0.261 e. The normalized spacial score (nSPS) is 10.8. The number of fused-ring (bicyclic) bond motifs is 1. The lowest BCUT2D eigenvalue weighted by atomic mass is 10.2. The van der Waals surface area contributed by atoms with E-state index in [4.69, 9.17) is 0 Å². The number of unbranched alkanes of at least 4 members (excludes halogenated alkanes) is 2. The Hall–Kier alpha value is -1.64. The van der Waals surface area contributed by atoms with Gasteiger partial charge >= 0.3 is 0 Å². The highest BCUT2D eigenvalue weighted by atomic mass is 16.1. The van der Waals surface area contributed by atoms with Gasteiger partial charge in [0.1, 0.15) is 0 Å². The zero-order valence-corrected chi connectivity index (χ0v) is 9.52. The average molecular weight is 216 g/mol. The quantitative estimate of drug-likeness (QED) is 0.736. The van der Waals surface area contributed by atoms with Crippen LogP contribution in [0.25, 0.3) is 10.9 Å². The first-order valence-electron chi connectivity index (χ1n) is 5.77. The van der Waals surface area contributed by atoms with Gasteiger partial charge in [0.25, 0.3) is 5.56 Å². The number of nitrogens with zero attached hydrogens (tertiary/aromatic N) is 2. The molecule has 3 heteroatoms. The van der Waals surface area contributed by atoms with Gasteiger partial charge in [-0.2, -0.15) is 0 Å². The van der Waals surface area contributed by atoms with Gasteiger partial charge in [0, 0.05) is 6.54 Å². The van der Waals surface area contributed by atoms with Gasteiger partial charge in [-0.05, 0) is 18.6 Å². The number of rotatable bonds is 4. The van der Waals surface area contributed by atoms with Crippen LogP contribution in [-0.4, -0.2) is 9.55 Å². The maximum atomic E-state index is 12.0. The van der Waals surface area contributed by atoms with E-state index in [1.807, 2.05) is 24.3 Å². The fourth-order valence-corrected chi connectivity index (χ4v) is 1.80. The molecule has 0 saturated heterocycles. The number of benzene rings is 1. The van der Waals surface area contributed by atoms with Crippen molar-refractivity contribution >= 4 is 10.9 Å². The van der Waals surface area contributed by atoms with Crippen LogP contribution in [0.1, 0.15) is 26.2 Å². The molecule has 1 aromatic carbocycles. The molecule has 1 aromatic heterocycles. The highest BCUT2D eigenvalue weighted by molar-refractivity contribution is 5.76. The molecule has 0 N–H and O–H groups in total. The van der Waals surface area contributed by atoms with Gasteiger partial charge in [-0.15, -0.1) is 0 Å². The first-order chi connectivity index (χ1) is 7.83. The third-order valence-electron chi connectivity index (χ3n) is 2.73. The Morgan fingerprint density at radius 2 is 2.06 bits per heavy atom. The molecule has 2 rings (SSSR count). The van der Waals surface area contributed by atoms with Gasteiger partial charge in [0.2, 0.25) is 0 Å². The van der Waals surface area contributed by atoms with Crippen molar-refractivity contribution in [1.82, 2.24) is 9.55 Å². The standard InChI is InChI=1S/C13H16N2O/c1-2-3-6-9-15-10-14-12-8-5-4-7-11(12)13(15)16/h4-5,7-8,10H,2-3,6,9H2,1H3. The fourth-order valence-electron chi connectivity index (χ4n) is 1.80. The SMILES string of the molecule is CCCCCn1cnc2ccccc2c1=O. The van der Waals surface area contributed by atoms with Crippen molar-refractivity contribution in [3.63, 3.8) is 0 Å². The average Bonchev–Trinajstić information content (AvgIpc) is 2.33. The van der Waals surface area contributed by atoms with Gasteiger partial charge in [-0.3, -0.25) is 9.36 Å². The number of aryl methyl sites for hydroxylation is 1. The van der Waals surface area contributed by atoms with Gasteiger partial charge in [-0.1, -0.05) is 31.9 Å². The molecular formula is C13H16N2O. The minimum absolute atomic E-state index is 0.0710. The van der Waals surface area contributed by atoms with E-state index in [9.17, 15) is 4.79 Å². The Morgan fingerprint density at radius 1 is 1.25 bits per heavy atom. The lowest BCUT2D eigenvalue weighted by molar-refractivity contribution is 0.584. The van der Waals surface area contributed by atoms with E-state index in [0.29, 0.717) is 5.39 Å². The Balaban J connectivity index is 2.33. The predicted octanol–water partition coefficient (Wildman–Crippen LogP) is 2.59. The molecule has 0 atom stereocenters. The highest BCUT2D eigenvalue weighted by Gasteiger charge is 2.02. The second-order valence-corrected chi connectivity index (χ2v) is 3.97. The molecule has 0 amide bonds. The van der Waals surface area contributed by atoms with Crippen LogP contribution in [0.2, 0.25) is 0 Å². The Bertz CT molecular complexity index is 531. The van der Waals surface area contributed by atoms with Crippen LogP contribution < -0.4 is 5.56 Å². The largest absolute Gasteiger partial charge is 0.299 e. The molecule has 2 aromatic rings. The minimum atomic E-state index is 0.0710. The number of aromatic nitrogens is 2. The zero-order chi connectivity index (χ0) is 11.4. The molecule has 16 heavy (non-hydrogen) atoms. The lowest BCUT2D eigenvalue weighted by Gasteiger charge is -2.05. The number of hydrogen-bond donors (Lipinski definition) is 0. The monoisotopic (exact) mass is 216 g/mol. The van der Waals surface area contributed by atoms with Crippen LogP contribution in [0.4, 0.5) is 0 Å². The Labute approximate surface area is 94.7 Å². The molecule has 0 unspecified atom stereocenters. The number of hydrogen-bond acceptors (Lipinski definition) is 2. The summed E-state index contributed by atoms with van der Waals surface area (Å²) in [6.07, 6.45) is 5.01. The van der Waals surface area contributed by atoms with Crippen molar-refractivity contribution in [3.8, 4) is 0 Å². The molecule has 0 aliphatic carbocycles. The molecule has 84 valence electrons.